The van der Waals surface area contributed by atoms with Crippen LogP contribution in [0.2, 0.25) is 0 Å². The normalized spacial score (nSPS) is 14.9. The van der Waals surface area contributed by atoms with Gasteiger partial charge in [0.15, 0.2) is 0 Å². The number of nitrogens with zero attached hydrogens (tertiary/aromatic N) is 1. The Bertz CT molecular complexity index is 541. The summed E-state index contributed by atoms with van der Waals surface area (Å²) in [6, 6.07) is 5.65. The van der Waals surface area contributed by atoms with Crippen molar-refractivity contribution in [1.29, 1.82) is 0 Å². The quantitative estimate of drug-likeness (QED) is 0.606. The fraction of sp³-hybridized carbons (Fsp3) is 0.500. The molecule has 1 aliphatic heterocycles. The van der Waals surface area contributed by atoms with Crippen LogP contribution in [0, 0.1) is 12.3 Å². The number of anilines is 1. The summed E-state index contributed by atoms with van der Waals surface area (Å²) >= 11 is 3.56. The molecule has 2 rings (SSSR count). The Morgan fingerprint density at radius 1 is 1.20 bits per heavy atom. The minimum atomic E-state index is -0.391. The van der Waals surface area contributed by atoms with Gasteiger partial charge in [-0.2, -0.15) is 0 Å². The number of rotatable bonds is 5. The van der Waals surface area contributed by atoms with E-state index in [9.17, 15) is 9.59 Å². The molecule has 0 fully saturated rings. The third kappa shape index (κ3) is 2.41. The average Bonchev–Trinajstić information content (AvgIpc) is 2.69. The van der Waals surface area contributed by atoms with Crippen LogP contribution >= 0.6 is 15.9 Å². The highest BCUT2D eigenvalue weighted by Gasteiger charge is 2.39. The van der Waals surface area contributed by atoms with Gasteiger partial charge in [-0.3, -0.25) is 9.59 Å². The van der Waals surface area contributed by atoms with Gasteiger partial charge in [0.05, 0.1) is 11.3 Å². The molecule has 0 aromatic heterocycles. The monoisotopic (exact) mass is 337 g/mol. The van der Waals surface area contributed by atoms with E-state index in [0.29, 0.717) is 12.1 Å². The second-order valence-electron chi connectivity index (χ2n) is 5.58. The number of halogens is 1. The van der Waals surface area contributed by atoms with E-state index in [2.05, 4.69) is 29.8 Å². The Labute approximate surface area is 128 Å². The number of carbonyl (C=O) groups is 2. The van der Waals surface area contributed by atoms with Gasteiger partial charge >= 0.3 is 0 Å². The van der Waals surface area contributed by atoms with E-state index in [1.54, 1.807) is 4.90 Å². The molecule has 20 heavy (non-hydrogen) atoms. The third-order valence-electron chi connectivity index (χ3n) is 4.40. The van der Waals surface area contributed by atoms with E-state index < -0.39 is 5.91 Å². The van der Waals surface area contributed by atoms with E-state index in [1.807, 2.05) is 25.1 Å². The van der Waals surface area contributed by atoms with Gasteiger partial charge in [-0.1, -0.05) is 41.4 Å². The number of benzene rings is 1. The highest BCUT2D eigenvalue weighted by molar-refractivity contribution is 9.09. The molecule has 4 heteroatoms. The maximum atomic E-state index is 12.3. The molecule has 0 aliphatic carbocycles. The maximum Gasteiger partial charge on any atom is 0.299 e. The zero-order valence-electron chi connectivity index (χ0n) is 12.2. The van der Waals surface area contributed by atoms with Crippen LogP contribution in [-0.2, 0) is 4.79 Å². The van der Waals surface area contributed by atoms with Crippen molar-refractivity contribution in [3.05, 3.63) is 29.3 Å². The molecule has 0 spiro atoms. The number of aryl methyl sites for hydroxylation is 1. The Kier molecular flexibility index (Phi) is 4.33. The van der Waals surface area contributed by atoms with E-state index >= 15 is 0 Å². The van der Waals surface area contributed by atoms with Crippen LogP contribution < -0.4 is 4.90 Å². The molecule has 108 valence electrons. The Balaban J connectivity index is 2.39. The number of alkyl halides is 1. The maximum absolute atomic E-state index is 12.3. The van der Waals surface area contributed by atoms with Gasteiger partial charge in [-0.25, -0.2) is 0 Å². The Hall–Kier alpha value is -1.16. The molecule has 0 atom stereocenters. The number of Topliss-reactive ketones (excluding diaryl/α,β-unsaturated/α-hetero) is 1. The van der Waals surface area contributed by atoms with Crippen LogP contribution in [0.5, 0.6) is 0 Å². The molecule has 0 bridgehead atoms. The zero-order valence-corrected chi connectivity index (χ0v) is 13.8. The summed E-state index contributed by atoms with van der Waals surface area (Å²) < 4.78 is 0. The summed E-state index contributed by atoms with van der Waals surface area (Å²) in [5, 5.41) is 0.826. The fourth-order valence-corrected chi connectivity index (χ4v) is 3.58. The summed E-state index contributed by atoms with van der Waals surface area (Å²) in [6.45, 7) is 6.78. The van der Waals surface area contributed by atoms with E-state index in [0.717, 1.165) is 29.4 Å². The molecule has 0 saturated heterocycles. The standard InChI is InChI=1S/C16H20BrNO2/c1-4-16(5-2,9-17)10-18-13-7-6-11(3)8-12(13)14(19)15(18)20/h6-8H,4-5,9-10H2,1-3H3. The van der Waals surface area contributed by atoms with Gasteiger partial charge in [0.2, 0.25) is 0 Å². The van der Waals surface area contributed by atoms with E-state index in [1.165, 1.54) is 0 Å². The number of hydrogen-bond acceptors (Lipinski definition) is 2. The van der Waals surface area contributed by atoms with Crippen molar-refractivity contribution < 1.29 is 9.59 Å². The summed E-state index contributed by atoms with van der Waals surface area (Å²) in [5.41, 5.74) is 2.33. The fourth-order valence-electron chi connectivity index (χ4n) is 2.61. The first-order chi connectivity index (χ1) is 9.48. The first-order valence-electron chi connectivity index (χ1n) is 7.01. The van der Waals surface area contributed by atoms with Crippen molar-refractivity contribution in [1.82, 2.24) is 0 Å². The highest BCUT2D eigenvalue weighted by atomic mass is 79.9. The van der Waals surface area contributed by atoms with Gasteiger partial charge < -0.3 is 4.90 Å². The molecule has 0 unspecified atom stereocenters. The number of carbonyl (C=O) groups excluding carboxylic acids is 2. The summed E-state index contributed by atoms with van der Waals surface area (Å²) in [7, 11) is 0. The van der Waals surface area contributed by atoms with Gasteiger partial charge in [-0.05, 0) is 37.3 Å². The largest absolute Gasteiger partial charge is 0.304 e. The van der Waals surface area contributed by atoms with Crippen LogP contribution in [0.1, 0.15) is 42.6 Å². The lowest BCUT2D eigenvalue weighted by atomic mass is 9.84. The Morgan fingerprint density at radius 2 is 1.85 bits per heavy atom. The van der Waals surface area contributed by atoms with Crippen LogP contribution in [0.4, 0.5) is 5.69 Å². The van der Waals surface area contributed by atoms with Crippen molar-refractivity contribution in [3.63, 3.8) is 0 Å². The first-order valence-corrected chi connectivity index (χ1v) is 8.13. The molecule has 1 amide bonds. The SMILES string of the molecule is CCC(CC)(CBr)CN1C(=O)C(=O)c2cc(C)ccc21. The van der Waals surface area contributed by atoms with Crippen molar-refractivity contribution >= 4 is 33.3 Å². The minimum absolute atomic E-state index is 0.0163. The minimum Gasteiger partial charge on any atom is -0.304 e. The van der Waals surface area contributed by atoms with E-state index in [-0.39, 0.29) is 11.2 Å². The summed E-state index contributed by atoms with van der Waals surface area (Å²) in [6.07, 6.45) is 1.93. The van der Waals surface area contributed by atoms with Crippen molar-refractivity contribution in [3.8, 4) is 0 Å². The Morgan fingerprint density at radius 3 is 2.40 bits per heavy atom. The van der Waals surface area contributed by atoms with Gasteiger partial charge in [0.25, 0.3) is 11.7 Å². The van der Waals surface area contributed by atoms with Gasteiger partial charge in [0, 0.05) is 11.9 Å². The van der Waals surface area contributed by atoms with Crippen LogP contribution in [0.15, 0.2) is 18.2 Å². The molecule has 0 radical (unpaired) electrons. The lowest BCUT2D eigenvalue weighted by Crippen LogP contribution is -2.41. The molecule has 1 heterocycles. The van der Waals surface area contributed by atoms with Crippen LogP contribution in [0.25, 0.3) is 0 Å². The average molecular weight is 338 g/mol. The highest BCUT2D eigenvalue weighted by Crippen LogP contribution is 2.36. The molecular formula is C16H20BrNO2. The van der Waals surface area contributed by atoms with Crippen molar-refractivity contribution in [2.24, 2.45) is 5.41 Å². The lowest BCUT2D eigenvalue weighted by molar-refractivity contribution is -0.114. The van der Waals surface area contributed by atoms with Crippen molar-refractivity contribution in [2.45, 2.75) is 33.6 Å². The number of hydrogen-bond donors (Lipinski definition) is 0. The third-order valence-corrected chi connectivity index (χ3v) is 5.59. The topological polar surface area (TPSA) is 37.4 Å². The predicted molar refractivity (Wildman–Crippen MR) is 84.7 cm³/mol. The number of amides is 1. The molecule has 3 nitrogen and oxygen atoms in total. The predicted octanol–water partition coefficient (Wildman–Crippen LogP) is 3.73. The second-order valence-corrected chi connectivity index (χ2v) is 6.14. The molecule has 1 aromatic carbocycles. The van der Waals surface area contributed by atoms with E-state index in [4.69, 9.17) is 0 Å². The first kappa shape index (κ1) is 15.2. The zero-order chi connectivity index (χ0) is 14.9. The second kappa shape index (κ2) is 5.68. The summed E-state index contributed by atoms with van der Waals surface area (Å²) in [4.78, 5) is 26.0. The molecule has 0 saturated carbocycles. The molecule has 1 aromatic rings. The summed E-state index contributed by atoms with van der Waals surface area (Å²) in [5.74, 6) is -0.766. The molecule has 1 aliphatic rings. The number of fused-ring (bicyclic) bond motifs is 1. The van der Waals surface area contributed by atoms with Crippen LogP contribution in [0.3, 0.4) is 0 Å². The molecular weight excluding hydrogens is 318 g/mol. The number of ketones is 1. The van der Waals surface area contributed by atoms with Crippen molar-refractivity contribution in [2.75, 3.05) is 16.8 Å². The van der Waals surface area contributed by atoms with Gasteiger partial charge in [0.1, 0.15) is 0 Å². The smallest absolute Gasteiger partial charge is 0.299 e. The van der Waals surface area contributed by atoms with Crippen LogP contribution in [-0.4, -0.2) is 23.6 Å². The molecule has 0 N–H and O–H groups in total. The lowest BCUT2D eigenvalue weighted by Gasteiger charge is -2.34. The van der Waals surface area contributed by atoms with Gasteiger partial charge in [-0.15, -0.1) is 0 Å².